The SMILES string of the molecule is CC1(C)C(CNC(=O)OCc2ccccc2)[C@H]1C=O. The molecule has 1 aromatic carbocycles. The van der Waals surface area contributed by atoms with E-state index in [1.165, 1.54) is 0 Å². The van der Waals surface area contributed by atoms with Crippen LogP contribution in [0.2, 0.25) is 0 Å². The van der Waals surface area contributed by atoms with Crippen LogP contribution in [-0.4, -0.2) is 18.9 Å². The number of hydrogen-bond donors (Lipinski definition) is 1. The number of ether oxygens (including phenoxy) is 1. The zero-order valence-corrected chi connectivity index (χ0v) is 11.3. The van der Waals surface area contributed by atoms with Crippen molar-refractivity contribution in [2.45, 2.75) is 20.5 Å². The van der Waals surface area contributed by atoms with Gasteiger partial charge in [-0.1, -0.05) is 44.2 Å². The fourth-order valence-electron chi connectivity index (χ4n) is 2.41. The lowest BCUT2D eigenvalue weighted by Gasteiger charge is -2.07. The van der Waals surface area contributed by atoms with Crippen molar-refractivity contribution >= 4 is 12.4 Å². The summed E-state index contributed by atoms with van der Waals surface area (Å²) in [6, 6.07) is 9.52. The topological polar surface area (TPSA) is 55.4 Å². The maximum Gasteiger partial charge on any atom is 0.407 e. The first-order valence-electron chi connectivity index (χ1n) is 6.45. The molecule has 1 saturated carbocycles. The van der Waals surface area contributed by atoms with Gasteiger partial charge in [-0.15, -0.1) is 0 Å². The second-order valence-corrected chi connectivity index (χ2v) is 5.53. The van der Waals surface area contributed by atoms with Crippen molar-refractivity contribution in [3.8, 4) is 0 Å². The van der Waals surface area contributed by atoms with Gasteiger partial charge in [0.05, 0.1) is 0 Å². The van der Waals surface area contributed by atoms with Gasteiger partial charge < -0.3 is 14.8 Å². The Bertz CT molecular complexity index is 456. The molecule has 0 radical (unpaired) electrons. The normalized spacial score (nSPS) is 23.5. The van der Waals surface area contributed by atoms with Crippen LogP contribution in [0.25, 0.3) is 0 Å². The number of nitrogens with one attached hydrogen (secondary N) is 1. The molecule has 1 N–H and O–H groups in total. The fraction of sp³-hybridized carbons (Fsp3) is 0.467. The summed E-state index contributed by atoms with van der Waals surface area (Å²) in [5.74, 6) is 0.260. The summed E-state index contributed by atoms with van der Waals surface area (Å²) in [6.07, 6.45) is 0.540. The summed E-state index contributed by atoms with van der Waals surface area (Å²) in [4.78, 5) is 22.3. The lowest BCUT2D eigenvalue weighted by molar-refractivity contribution is -0.109. The number of carbonyl (C=O) groups is 2. The molecular formula is C15H19NO3. The highest BCUT2D eigenvalue weighted by atomic mass is 16.5. The molecule has 2 atom stereocenters. The van der Waals surface area contributed by atoms with E-state index >= 15 is 0 Å². The standard InChI is InChI=1S/C15H19NO3/c1-15(2)12(13(15)9-17)8-16-14(18)19-10-11-6-4-3-5-7-11/h3-7,9,12-13H,8,10H2,1-2H3,(H,16,18)/t12?,13-/m1/s1. The summed E-state index contributed by atoms with van der Waals surface area (Å²) >= 11 is 0. The monoisotopic (exact) mass is 261 g/mol. The number of alkyl carbamates (subject to hydrolysis) is 1. The van der Waals surface area contributed by atoms with Gasteiger partial charge in [-0.05, 0) is 16.9 Å². The predicted octanol–water partition coefficient (Wildman–Crippen LogP) is 2.38. The van der Waals surface area contributed by atoms with Gasteiger partial charge in [-0.2, -0.15) is 0 Å². The Labute approximate surface area is 113 Å². The van der Waals surface area contributed by atoms with E-state index in [9.17, 15) is 9.59 Å². The second kappa shape index (κ2) is 5.43. The van der Waals surface area contributed by atoms with E-state index in [0.717, 1.165) is 11.8 Å². The van der Waals surface area contributed by atoms with E-state index in [1.54, 1.807) is 0 Å². The van der Waals surface area contributed by atoms with E-state index in [1.807, 2.05) is 44.2 Å². The maximum atomic E-state index is 11.5. The van der Waals surface area contributed by atoms with E-state index in [2.05, 4.69) is 5.32 Å². The van der Waals surface area contributed by atoms with E-state index in [-0.39, 0.29) is 23.9 Å². The van der Waals surface area contributed by atoms with Crippen LogP contribution in [-0.2, 0) is 16.1 Å². The number of carbonyl (C=O) groups excluding carboxylic acids is 2. The molecule has 0 spiro atoms. The van der Waals surface area contributed by atoms with Gasteiger partial charge in [0, 0.05) is 12.5 Å². The van der Waals surface area contributed by atoms with Crippen LogP contribution >= 0.6 is 0 Å². The lowest BCUT2D eigenvalue weighted by atomic mass is 10.1. The summed E-state index contributed by atoms with van der Waals surface area (Å²) in [7, 11) is 0. The highest BCUT2D eigenvalue weighted by molar-refractivity contribution is 5.68. The third-order valence-corrected chi connectivity index (χ3v) is 3.96. The van der Waals surface area contributed by atoms with Gasteiger partial charge in [0.15, 0.2) is 0 Å². The van der Waals surface area contributed by atoms with Gasteiger partial charge in [-0.25, -0.2) is 4.79 Å². The molecule has 0 bridgehead atoms. The molecule has 102 valence electrons. The molecule has 0 aliphatic heterocycles. The number of hydrogen-bond acceptors (Lipinski definition) is 3. The Morgan fingerprint density at radius 1 is 1.37 bits per heavy atom. The van der Waals surface area contributed by atoms with E-state index in [4.69, 9.17) is 4.74 Å². The van der Waals surface area contributed by atoms with Crippen LogP contribution in [0.3, 0.4) is 0 Å². The van der Waals surface area contributed by atoms with Gasteiger partial charge in [0.25, 0.3) is 0 Å². The Kier molecular flexibility index (Phi) is 3.88. The fourth-order valence-corrected chi connectivity index (χ4v) is 2.41. The highest BCUT2D eigenvalue weighted by Crippen LogP contribution is 2.56. The molecule has 0 aromatic heterocycles. The average molecular weight is 261 g/mol. The molecule has 1 aliphatic carbocycles. The van der Waals surface area contributed by atoms with Crippen molar-refractivity contribution in [2.24, 2.45) is 17.3 Å². The van der Waals surface area contributed by atoms with E-state index < -0.39 is 6.09 Å². The minimum absolute atomic E-state index is 0.00550. The Hall–Kier alpha value is -1.84. The van der Waals surface area contributed by atoms with Gasteiger partial charge in [0.1, 0.15) is 12.9 Å². The van der Waals surface area contributed by atoms with Gasteiger partial charge in [-0.3, -0.25) is 0 Å². The number of rotatable bonds is 5. The summed E-state index contributed by atoms with van der Waals surface area (Å²) in [5.41, 5.74) is 0.948. The minimum atomic E-state index is -0.434. The summed E-state index contributed by atoms with van der Waals surface area (Å²) < 4.78 is 5.10. The summed E-state index contributed by atoms with van der Waals surface area (Å²) in [5, 5.41) is 2.71. The van der Waals surface area contributed by atoms with E-state index in [0.29, 0.717) is 6.54 Å². The molecule has 0 heterocycles. The number of benzene rings is 1. The molecule has 0 saturated heterocycles. The Morgan fingerprint density at radius 3 is 2.63 bits per heavy atom. The Balaban J connectivity index is 1.70. The van der Waals surface area contributed by atoms with Crippen LogP contribution in [0.15, 0.2) is 30.3 Å². The number of amides is 1. The predicted molar refractivity (Wildman–Crippen MR) is 71.5 cm³/mol. The first-order valence-corrected chi connectivity index (χ1v) is 6.45. The largest absolute Gasteiger partial charge is 0.445 e. The second-order valence-electron chi connectivity index (χ2n) is 5.53. The molecule has 1 aliphatic rings. The molecule has 1 amide bonds. The molecule has 2 rings (SSSR count). The molecular weight excluding hydrogens is 242 g/mol. The van der Waals surface area contributed by atoms with Crippen LogP contribution in [0.4, 0.5) is 4.79 Å². The molecule has 1 fully saturated rings. The lowest BCUT2D eigenvalue weighted by Crippen LogP contribution is -2.27. The van der Waals surface area contributed by atoms with Crippen LogP contribution in [0, 0.1) is 17.3 Å². The third-order valence-electron chi connectivity index (χ3n) is 3.96. The Morgan fingerprint density at radius 2 is 2.05 bits per heavy atom. The summed E-state index contributed by atoms with van der Waals surface area (Å²) in [6.45, 7) is 4.82. The highest BCUT2D eigenvalue weighted by Gasteiger charge is 2.57. The zero-order valence-electron chi connectivity index (χ0n) is 11.3. The van der Waals surface area contributed by atoms with Crippen LogP contribution < -0.4 is 5.32 Å². The van der Waals surface area contributed by atoms with Crippen LogP contribution in [0.1, 0.15) is 19.4 Å². The molecule has 1 aromatic rings. The van der Waals surface area contributed by atoms with Crippen LogP contribution in [0.5, 0.6) is 0 Å². The van der Waals surface area contributed by atoms with Crippen molar-refractivity contribution in [2.75, 3.05) is 6.54 Å². The number of aldehydes is 1. The van der Waals surface area contributed by atoms with Crippen molar-refractivity contribution in [3.63, 3.8) is 0 Å². The maximum absolute atomic E-state index is 11.5. The molecule has 4 heteroatoms. The average Bonchev–Trinajstić information content (AvgIpc) is 2.95. The molecule has 19 heavy (non-hydrogen) atoms. The first-order chi connectivity index (χ1) is 9.05. The molecule has 4 nitrogen and oxygen atoms in total. The van der Waals surface area contributed by atoms with Crippen molar-refractivity contribution < 1.29 is 14.3 Å². The van der Waals surface area contributed by atoms with Crippen molar-refractivity contribution in [1.82, 2.24) is 5.32 Å². The molecule has 1 unspecified atom stereocenters. The van der Waals surface area contributed by atoms with Gasteiger partial charge >= 0.3 is 6.09 Å². The first kappa shape index (κ1) is 13.6. The quantitative estimate of drug-likeness (QED) is 0.828. The smallest absolute Gasteiger partial charge is 0.407 e. The zero-order chi connectivity index (χ0) is 13.9. The minimum Gasteiger partial charge on any atom is -0.445 e. The third kappa shape index (κ3) is 3.13. The van der Waals surface area contributed by atoms with Crippen molar-refractivity contribution in [1.29, 1.82) is 0 Å². The van der Waals surface area contributed by atoms with Gasteiger partial charge in [0.2, 0.25) is 0 Å². The van der Waals surface area contributed by atoms with Crippen molar-refractivity contribution in [3.05, 3.63) is 35.9 Å².